The van der Waals surface area contributed by atoms with Gasteiger partial charge < -0.3 is 0 Å². The van der Waals surface area contributed by atoms with Crippen LogP contribution in [0.15, 0.2) is 48.5 Å². The van der Waals surface area contributed by atoms with Crippen molar-refractivity contribution in [3.05, 3.63) is 59.7 Å². The van der Waals surface area contributed by atoms with Crippen molar-refractivity contribution in [2.75, 3.05) is 0 Å². The Morgan fingerprint density at radius 3 is 1.38 bits per heavy atom. The van der Waals surface area contributed by atoms with Crippen molar-refractivity contribution >= 4 is 45.2 Å². The van der Waals surface area contributed by atoms with Gasteiger partial charge in [0.1, 0.15) is 0 Å². The van der Waals surface area contributed by atoms with Crippen molar-refractivity contribution < 1.29 is 0 Å². The number of alkyl halides is 2. The molecule has 0 aliphatic carbocycles. The summed E-state index contributed by atoms with van der Waals surface area (Å²) in [5.74, 6) is 0. The van der Waals surface area contributed by atoms with E-state index in [1.54, 1.807) is 0 Å². The Balaban J connectivity index is 2.58. The lowest BCUT2D eigenvalue weighted by atomic mass is 9.97. The van der Waals surface area contributed by atoms with Crippen LogP contribution in [-0.2, 0) is 8.86 Å². The van der Waals surface area contributed by atoms with Gasteiger partial charge in [-0.3, -0.25) is 0 Å². The Hall–Kier alpha value is -0.100. The van der Waals surface area contributed by atoms with Gasteiger partial charge in [0.05, 0.1) is 0 Å². The van der Waals surface area contributed by atoms with E-state index in [0.717, 1.165) is 8.86 Å². The van der Waals surface area contributed by atoms with Crippen molar-refractivity contribution in [3.63, 3.8) is 0 Å². The molecule has 0 amide bonds. The molecule has 0 saturated heterocycles. The lowest BCUT2D eigenvalue weighted by Gasteiger charge is -2.10. The second-order valence-electron chi connectivity index (χ2n) is 3.58. The predicted molar refractivity (Wildman–Crippen MR) is 87.3 cm³/mol. The molecule has 2 rings (SSSR count). The van der Waals surface area contributed by atoms with Gasteiger partial charge in [-0.25, -0.2) is 0 Å². The van der Waals surface area contributed by atoms with Crippen LogP contribution < -0.4 is 0 Å². The smallest absolute Gasteiger partial charge is 0.0253 e. The molecule has 2 heteroatoms. The van der Waals surface area contributed by atoms with Crippen molar-refractivity contribution in [1.29, 1.82) is 0 Å². The minimum Gasteiger partial charge on any atom is -0.0812 e. The zero-order chi connectivity index (χ0) is 11.4. The number of benzene rings is 2. The number of halogens is 2. The summed E-state index contributed by atoms with van der Waals surface area (Å²) in [5, 5.41) is 0. The fraction of sp³-hybridized carbons (Fsp3) is 0.143. The Bertz CT molecular complexity index is 432. The molecule has 0 atom stereocenters. The van der Waals surface area contributed by atoms with Gasteiger partial charge >= 0.3 is 0 Å². The first kappa shape index (κ1) is 12.4. The molecule has 0 nitrogen and oxygen atoms in total. The second kappa shape index (κ2) is 6.00. The minimum atomic E-state index is 1.06. The van der Waals surface area contributed by atoms with Crippen LogP contribution in [0.5, 0.6) is 0 Å². The molecule has 0 unspecified atom stereocenters. The van der Waals surface area contributed by atoms with Crippen LogP contribution in [0, 0.1) is 0 Å². The van der Waals surface area contributed by atoms with E-state index in [9.17, 15) is 0 Å². The molecule has 0 spiro atoms. The van der Waals surface area contributed by atoms with E-state index in [1.165, 1.54) is 22.3 Å². The molecule has 2 aromatic rings. The molecule has 0 bridgehead atoms. The fourth-order valence-electron chi connectivity index (χ4n) is 1.80. The minimum absolute atomic E-state index is 1.06. The van der Waals surface area contributed by atoms with Crippen molar-refractivity contribution in [1.82, 2.24) is 0 Å². The topological polar surface area (TPSA) is 0 Å². The second-order valence-corrected chi connectivity index (χ2v) is 5.11. The SMILES string of the molecule is ICc1ccccc1-c1ccccc1CI. The molecule has 0 saturated carbocycles. The summed E-state index contributed by atoms with van der Waals surface area (Å²) in [6, 6.07) is 17.3. The third-order valence-electron chi connectivity index (χ3n) is 2.61. The highest BCUT2D eigenvalue weighted by Gasteiger charge is 2.06. The van der Waals surface area contributed by atoms with E-state index >= 15 is 0 Å². The van der Waals surface area contributed by atoms with Crippen molar-refractivity contribution in [2.45, 2.75) is 8.86 Å². The van der Waals surface area contributed by atoms with Crippen LogP contribution in [0.2, 0.25) is 0 Å². The Labute approximate surface area is 124 Å². The maximum absolute atomic E-state index is 2.43. The average Bonchev–Trinajstić information content (AvgIpc) is 2.38. The molecular weight excluding hydrogens is 422 g/mol. The summed E-state index contributed by atoms with van der Waals surface area (Å²) in [4.78, 5) is 0. The summed E-state index contributed by atoms with van der Waals surface area (Å²) in [6.45, 7) is 0. The van der Waals surface area contributed by atoms with E-state index in [-0.39, 0.29) is 0 Å². The third kappa shape index (κ3) is 2.59. The van der Waals surface area contributed by atoms with Crippen LogP contribution in [0.1, 0.15) is 11.1 Å². The highest BCUT2D eigenvalue weighted by molar-refractivity contribution is 14.1. The lowest BCUT2D eigenvalue weighted by Crippen LogP contribution is -1.89. The Morgan fingerprint density at radius 1 is 0.625 bits per heavy atom. The standard InChI is InChI=1S/C14H12I2/c15-9-11-5-1-3-7-13(11)14-8-4-2-6-12(14)10-16/h1-8H,9-10H2. The van der Waals surface area contributed by atoms with Gasteiger partial charge in [-0.1, -0.05) is 93.7 Å². The van der Waals surface area contributed by atoms with Crippen molar-refractivity contribution in [3.8, 4) is 11.1 Å². The summed E-state index contributed by atoms with van der Waals surface area (Å²) < 4.78 is 2.12. The zero-order valence-electron chi connectivity index (χ0n) is 8.79. The van der Waals surface area contributed by atoms with Crippen molar-refractivity contribution in [2.24, 2.45) is 0 Å². The summed E-state index contributed by atoms with van der Waals surface area (Å²) in [7, 11) is 0. The number of hydrogen-bond donors (Lipinski definition) is 0. The molecule has 0 aliphatic rings. The van der Waals surface area contributed by atoms with Crippen LogP contribution >= 0.6 is 45.2 Å². The number of rotatable bonds is 3. The average molecular weight is 434 g/mol. The molecule has 0 heterocycles. The van der Waals surface area contributed by atoms with Gasteiger partial charge in [-0.05, 0) is 22.3 Å². The first-order chi connectivity index (χ1) is 7.86. The molecule has 0 N–H and O–H groups in total. The monoisotopic (exact) mass is 434 g/mol. The van der Waals surface area contributed by atoms with Gasteiger partial charge in [-0.15, -0.1) is 0 Å². The quantitative estimate of drug-likeness (QED) is 0.459. The summed E-state index contributed by atoms with van der Waals surface area (Å²) in [6.07, 6.45) is 0. The van der Waals surface area contributed by atoms with Gasteiger partial charge in [-0.2, -0.15) is 0 Å². The van der Waals surface area contributed by atoms with Gasteiger partial charge in [0, 0.05) is 8.86 Å². The molecule has 0 aliphatic heterocycles. The third-order valence-corrected chi connectivity index (χ3v) is 4.26. The maximum Gasteiger partial charge on any atom is 0.0253 e. The molecule has 16 heavy (non-hydrogen) atoms. The largest absolute Gasteiger partial charge is 0.0812 e. The zero-order valence-corrected chi connectivity index (χ0v) is 13.1. The fourth-order valence-corrected chi connectivity index (χ4v) is 3.13. The Kier molecular flexibility index (Phi) is 4.64. The molecule has 0 aromatic heterocycles. The molecular formula is C14H12I2. The van der Waals surface area contributed by atoms with Gasteiger partial charge in [0.2, 0.25) is 0 Å². The molecule has 0 radical (unpaired) electrons. The normalized spacial score (nSPS) is 10.4. The highest BCUT2D eigenvalue weighted by atomic mass is 127. The lowest BCUT2D eigenvalue weighted by molar-refractivity contribution is 1.39. The van der Waals surface area contributed by atoms with E-state index < -0.39 is 0 Å². The van der Waals surface area contributed by atoms with Crippen LogP contribution in [0.25, 0.3) is 11.1 Å². The first-order valence-corrected chi connectivity index (χ1v) is 8.20. The predicted octanol–water partition coefficient (Wildman–Crippen LogP) is 5.22. The van der Waals surface area contributed by atoms with Gasteiger partial charge in [0.25, 0.3) is 0 Å². The van der Waals surface area contributed by atoms with E-state index in [0.29, 0.717) is 0 Å². The van der Waals surface area contributed by atoms with E-state index in [4.69, 9.17) is 0 Å². The molecule has 0 fully saturated rings. The summed E-state index contributed by atoms with van der Waals surface area (Å²) in [5.41, 5.74) is 5.59. The maximum atomic E-state index is 2.43. The molecule has 82 valence electrons. The van der Waals surface area contributed by atoms with Gasteiger partial charge in [0.15, 0.2) is 0 Å². The molecule has 2 aromatic carbocycles. The van der Waals surface area contributed by atoms with E-state index in [2.05, 4.69) is 93.7 Å². The number of hydrogen-bond acceptors (Lipinski definition) is 0. The van der Waals surface area contributed by atoms with Crippen LogP contribution in [0.4, 0.5) is 0 Å². The summed E-state index contributed by atoms with van der Waals surface area (Å²) >= 11 is 4.86. The van der Waals surface area contributed by atoms with Crippen LogP contribution in [0.3, 0.4) is 0 Å². The van der Waals surface area contributed by atoms with E-state index in [1.807, 2.05) is 0 Å². The highest BCUT2D eigenvalue weighted by Crippen LogP contribution is 2.29. The van der Waals surface area contributed by atoms with Crippen LogP contribution in [-0.4, -0.2) is 0 Å². The Morgan fingerprint density at radius 2 is 1.00 bits per heavy atom. The first-order valence-electron chi connectivity index (χ1n) is 5.15.